The van der Waals surface area contributed by atoms with E-state index >= 15 is 0 Å². The summed E-state index contributed by atoms with van der Waals surface area (Å²) in [5.41, 5.74) is 0. The molecule has 1 aromatic heterocycles. The van der Waals surface area contributed by atoms with Gasteiger partial charge in [-0.3, -0.25) is 0 Å². The van der Waals surface area contributed by atoms with Crippen LogP contribution in [-0.4, -0.2) is 30.1 Å². The van der Waals surface area contributed by atoms with Crippen molar-refractivity contribution in [2.45, 2.75) is 26.2 Å². The lowest BCUT2D eigenvalue weighted by Gasteiger charge is -2.19. The Hall–Kier alpha value is -0.840. The fourth-order valence-corrected chi connectivity index (χ4v) is 2.22. The fourth-order valence-electron chi connectivity index (χ4n) is 1.72. The van der Waals surface area contributed by atoms with Crippen molar-refractivity contribution in [1.82, 2.24) is 9.97 Å². The predicted molar refractivity (Wildman–Crippen MR) is 74.5 cm³/mol. The van der Waals surface area contributed by atoms with Gasteiger partial charge in [-0.25, -0.2) is 4.98 Å². The van der Waals surface area contributed by atoms with Crippen LogP contribution >= 0.6 is 15.9 Å². The first kappa shape index (κ1) is 12.6. The number of hydrogen-bond acceptors (Lipinski definition) is 4. The molecule has 1 heterocycles. The Bertz CT molecular complexity index is 379. The average molecular weight is 299 g/mol. The Balaban J connectivity index is 2.07. The van der Waals surface area contributed by atoms with E-state index in [1.807, 2.05) is 6.20 Å². The van der Waals surface area contributed by atoms with Gasteiger partial charge in [-0.2, -0.15) is 4.98 Å². The summed E-state index contributed by atoms with van der Waals surface area (Å²) in [6, 6.07) is 0. The van der Waals surface area contributed by atoms with Crippen molar-refractivity contribution in [3.8, 4) is 0 Å². The minimum absolute atomic E-state index is 0.715. The molecule has 4 nitrogen and oxygen atoms in total. The SMILES string of the molecule is CCCNc1ncc(Br)c(N(C)CC2CC2)n1. The molecule has 1 aliphatic rings. The molecule has 0 bridgehead atoms. The molecule has 5 heteroatoms. The highest BCUT2D eigenvalue weighted by Crippen LogP contribution is 2.32. The molecule has 0 atom stereocenters. The van der Waals surface area contributed by atoms with Crippen LogP contribution in [0.1, 0.15) is 26.2 Å². The number of anilines is 2. The van der Waals surface area contributed by atoms with E-state index in [2.05, 4.69) is 50.1 Å². The summed E-state index contributed by atoms with van der Waals surface area (Å²) in [4.78, 5) is 11.0. The molecule has 1 aromatic rings. The van der Waals surface area contributed by atoms with Crippen LogP contribution in [0.2, 0.25) is 0 Å². The molecule has 0 amide bonds. The summed E-state index contributed by atoms with van der Waals surface area (Å²) >= 11 is 3.52. The Morgan fingerprint density at radius 3 is 2.94 bits per heavy atom. The second-order valence-corrected chi connectivity index (χ2v) is 5.47. The van der Waals surface area contributed by atoms with Crippen molar-refractivity contribution in [3.05, 3.63) is 10.7 Å². The summed E-state index contributed by atoms with van der Waals surface area (Å²) < 4.78 is 0.961. The Labute approximate surface area is 111 Å². The maximum Gasteiger partial charge on any atom is 0.224 e. The summed E-state index contributed by atoms with van der Waals surface area (Å²) in [7, 11) is 2.09. The first-order chi connectivity index (χ1) is 8.20. The largest absolute Gasteiger partial charge is 0.358 e. The highest BCUT2D eigenvalue weighted by atomic mass is 79.9. The zero-order valence-electron chi connectivity index (χ0n) is 10.4. The van der Waals surface area contributed by atoms with E-state index in [0.717, 1.165) is 35.7 Å². The number of nitrogens with one attached hydrogen (secondary N) is 1. The van der Waals surface area contributed by atoms with Crippen molar-refractivity contribution < 1.29 is 0 Å². The van der Waals surface area contributed by atoms with Crippen LogP contribution in [0, 0.1) is 5.92 Å². The van der Waals surface area contributed by atoms with Gasteiger partial charge in [0.1, 0.15) is 5.82 Å². The van der Waals surface area contributed by atoms with Crippen molar-refractivity contribution in [2.24, 2.45) is 5.92 Å². The van der Waals surface area contributed by atoms with Gasteiger partial charge in [0, 0.05) is 26.3 Å². The number of halogens is 1. The van der Waals surface area contributed by atoms with Crippen LogP contribution in [0.3, 0.4) is 0 Å². The smallest absolute Gasteiger partial charge is 0.224 e. The van der Waals surface area contributed by atoms with E-state index in [0.29, 0.717) is 5.95 Å². The maximum atomic E-state index is 4.55. The lowest BCUT2D eigenvalue weighted by molar-refractivity contribution is 0.773. The van der Waals surface area contributed by atoms with Gasteiger partial charge in [0.05, 0.1) is 4.47 Å². The van der Waals surface area contributed by atoms with Gasteiger partial charge in [-0.1, -0.05) is 6.92 Å². The minimum Gasteiger partial charge on any atom is -0.358 e. The summed E-state index contributed by atoms with van der Waals surface area (Å²) in [5, 5.41) is 3.22. The van der Waals surface area contributed by atoms with Gasteiger partial charge in [0.2, 0.25) is 5.95 Å². The third-order valence-electron chi connectivity index (χ3n) is 2.85. The van der Waals surface area contributed by atoms with Crippen LogP contribution in [0.25, 0.3) is 0 Å². The van der Waals surface area contributed by atoms with Gasteiger partial charge in [0.15, 0.2) is 0 Å². The van der Waals surface area contributed by atoms with Crippen molar-refractivity contribution in [2.75, 3.05) is 30.4 Å². The standard InChI is InChI=1S/C12H19BrN4/c1-3-6-14-12-15-7-10(13)11(16-12)17(2)8-9-4-5-9/h7,9H,3-6,8H2,1-2H3,(H,14,15,16). The third-order valence-corrected chi connectivity index (χ3v) is 3.41. The number of aromatic nitrogens is 2. The molecule has 1 fully saturated rings. The molecule has 2 rings (SSSR count). The van der Waals surface area contributed by atoms with Crippen LogP contribution in [0.15, 0.2) is 10.7 Å². The highest BCUT2D eigenvalue weighted by molar-refractivity contribution is 9.10. The molecule has 0 aliphatic heterocycles. The molecule has 0 saturated heterocycles. The van der Waals surface area contributed by atoms with Crippen LogP contribution in [-0.2, 0) is 0 Å². The fraction of sp³-hybridized carbons (Fsp3) is 0.667. The first-order valence-corrected chi connectivity index (χ1v) is 6.97. The monoisotopic (exact) mass is 298 g/mol. The second-order valence-electron chi connectivity index (χ2n) is 4.62. The molecule has 1 aliphatic carbocycles. The molecule has 17 heavy (non-hydrogen) atoms. The van der Waals surface area contributed by atoms with E-state index in [-0.39, 0.29) is 0 Å². The Morgan fingerprint density at radius 1 is 1.53 bits per heavy atom. The van der Waals surface area contributed by atoms with E-state index in [4.69, 9.17) is 0 Å². The molecule has 1 saturated carbocycles. The highest BCUT2D eigenvalue weighted by Gasteiger charge is 2.24. The molecule has 1 N–H and O–H groups in total. The van der Waals surface area contributed by atoms with Crippen LogP contribution in [0.5, 0.6) is 0 Å². The van der Waals surface area contributed by atoms with E-state index in [1.165, 1.54) is 12.8 Å². The van der Waals surface area contributed by atoms with Crippen LogP contribution < -0.4 is 10.2 Å². The molecule has 94 valence electrons. The van der Waals surface area contributed by atoms with Crippen molar-refractivity contribution in [1.29, 1.82) is 0 Å². The topological polar surface area (TPSA) is 41.1 Å². The van der Waals surface area contributed by atoms with E-state index < -0.39 is 0 Å². The Kier molecular flexibility index (Phi) is 4.20. The lowest BCUT2D eigenvalue weighted by atomic mass is 10.4. The van der Waals surface area contributed by atoms with Gasteiger partial charge in [0.25, 0.3) is 0 Å². The quantitative estimate of drug-likeness (QED) is 0.877. The van der Waals surface area contributed by atoms with Crippen LogP contribution in [0.4, 0.5) is 11.8 Å². The zero-order chi connectivity index (χ0) is 12.3. The first-order valence-electron chi connectivity index (χ1n) is 6.18. The molecular formula is C12H19BrN4. The molecule has 0 spiro atoms. The number of rotatable bonds is 6. The van der Waals surface area contributed by atoms with E-state index in [9.17, 15) is 0 Å². The lowest BCUT2D eigenvalue weighted by Crippen LogP contribution is -2.22. The average Bonchev–Trinajstić information content (AvgIpc) is 3.11. The summed E-state index contributed by atoms with van der Waals surface area (Å²) in [6.45, 7) is 4.13. The summed E-state index contributed by atoms with van der Waals surface area (Å²) in [6.07, 6.45) is 5.61. The maximum absolute atomic E-state index is 4.55. The summed E-state index contributed by atoms with van der Waals surface area (Å²) in [5.74, 6) is 2.55. The normalized spacial score (nSPS) is 14.8. The van der Waals surface area contributed by atoms with Gasteiger partial charge < -0.3 is 10.2 Å². The van der Waals surface area contributed by atoms with Gasteiger partial charge in [-0.15, -0.1) is 0 Å². The predicted octanol–water partition coefficient (Wildman–Crippen LogP) is 2.91. The molecule has 0 radical (unpaired) electrons. The number of nitrogens with zero attached hydrogens (tertiary/aromatic N) is 3. The third kappa shape index (κ3) is 3.56. The number of hydrogen-bond donors (Lipinski definition) is 1. The van der Waals surface area contributed by atoms with Crippen molar-refractivity contribution >= 4 is 27.7 Å². The zero-order valence-corrected chi connectivity index (χ0v) is 12.0. The molecule has 0 unspecified atom stereocenters. The molecular weight excluding hydrogens is 280 g/mol. The second kappa shape index (κ2) is 5.67. The minimum atomic E-state index is 0.715. The van der Waals surface area contributed by atoms with Gasteiger partial charge >= 0.3 is 0 Å². The molecule has 0 aromatic carbocycles. The van der Waals surface area contributed by atoms with Gasteiger partial charge in [-0.05, 0) is 41.1 Å². The van der Waals surface area contributed by atoms with Crippen molar-refractivity contribution in [3.63, 3.8) is 0 Å². The van der Waals surface area contributed by atoms with E-state index in [1.54, 1.807) is 0 Å². The Morgan fingerprint density at radius 2 is 2.29 bits per heavy atom.